The molecule has 16 heavy (non-hydrogen) atoms. The van der Waals surface area contributed by atoms with Crippen LogP contribution in [0.15, 0.2) is 22.8 Å². The first-order valence-electron chi connectivity index (χ1n) is 5.87. The maximum Gasteiger partial charge on any atom is 0.220 e. The average molecular weight is 222 g/mol. The van der Waals surface area contributed by atoms with Gasteiger partial charge in [0.05, 0.1) is 12.8 Å². The van der Waals surface area contributed by atoms with Crippen LogP contribution in [0.5, 0.6) is 0 Å². The van der Waals surface area contributed by atoms with Gasteiger partial charge in [-0.15, -0.1) is 0 Å². The van der Waals surface area contributed by atoms with E-state index in [1.54, 1.807) is 6.26 Å². The van der Waals surface area contributed by atoms with Crippen LogP contribution in [-0.2, 0) is 11.3 Å². The van der Waals surface area contributed by atoms with Crippen molar-refractivity contribution in [1.82, 2.24) is 10.6 Å². The topological polar surface area (TPSA) is 54.3 Å². The summed E-state index contributed by atoms with van der Waals surface area (Å²) in [6, 6.07) is 4.29. The number of hydrogen-bond donors (Lipinski definition) is 2. The standard InChI is InChI=1S/C12H18N2O2/c15-12(14-10-5-6-10)4-1-7-13-9-11-3-2-8-16-11/h2-3,8,10,13H,1,4-7,9H2,(H,14,15). The maximum atomic E-state index is 11.3. The van der Waals surface area contributed by atoms with Crippen LogP contribution < -0.4 is 10.6 Å². The average Bonchev–Trinajstić information content (AvgIpc) is 2.93. The van der Waals surface area contributed by atoms with E-state index in [2.05, 4.69) is 10.6 Å². The molecule has 4 nitrogen and oxygen atoms in total. The molecule has 1 aromatic heterocycles. The summed E-state index contributed by atoms with van der Waals surface area (Å²) in [5.74, 6) is 1.12. The molecule has 1 aliphatic carbocycles. The summed E-state index contributed by atoms with van der Waals surface area (Å²) in [7, 11) is 0. The molecule has 1 amide bonds. The molecule has 1 aromatic rings. The second-order valence-corrected chi connectivity index (χ2v) is 4.20. The first kappa shape index (κ1) is 11.2. The highest BCUT2D eigenvalue weighted by molar-refractivity contribution is 5.76. The van der Waals surface area contributed by atoms with Crippen molar-refractivity contribution in [2.45, 2.75) is 38.3 Å². The molecule has 0 spiro atoms. The highest BCUT2D eigenvalue weighted by atomic mass is 16.3. The van der Waals surface area contributed by atoms with E-state index in [-0.39, 0.29) is 5.91 Å². The van der Waals surface area contributed by atoms with Crippen LogP contribution in [-0.4, -0.2) is 18.5 Å². The van der Waals surface area contributed by atoms with Crippen LogP contribution in [0, 0.1) is 0 Å². The fourth-order valence-electron chi connectivity index (χ4n) is 1.53. The zero-order valence-electron chi connectivity index (χ0n) is 9.37. The van der Waals surface area contributed by atoms with E-state index < -0.39 is 0 Å². The Kier molecular flexibility index (Phi) is 3.99. The minimum absolute atomic E-state index is 0.183. The molecule has 2 N–H and O–H groups in total. The minimum atomic E-state index is 0.183. The first-order valence-corrected chi connectivity index (χ1v) is 5.87. The van der Waals surface area contributed by atoms with Gasteiger partial charge in [0, 0.05) is 12.5 Å². The van der Waals surface area contributed by atoms with Gasteiger partial charge < -0.3 is 15.1 Å². The molecule has 0 saturated heterocycles. The zero-order valence-corrected chi connectivity index (χ0v) is 9.37. The molecule has 1 saturated carbocycles. The molecular formula is C12H18N2O2. The van der Waals surface area contributed by atoms with Crippen LogP contribution >= 0.6 is 0 Å². The van der Waals surface area contributed by atoms with Gasteiger partial charge in [0.25, 0.3) is 0 Å². The molecule has 88 valence electrons. The molecule has 1 fully saturated rings. The van der Waals surface area contributed by atoms with Gasteiger partial charge in [-0.25, -0.2) is 0 Å². The van der Waals surface area contributed by atoms with Gasteiger partial charge in [0.15, 0.2) is 0 Å². The van der Waals surface area contributed by atoms with Crippen molar-refractivity contribution in [3.05, 3.63) is 24.2 Å². The van der Waals surface area contributed by atoms with Gasteiger partial charge in [0.1, 0.15) is 5.76 Å². The summed E-state index contributed by atoms with van der Waals surface area (Å²) in [6.07, 6.45) is 5.46. The molecule has 0 radical (unpaired) electrons. The van der Waals surface area contributed by atoms with E-state index in [0.717, 1.165) is 38.1 Å². The summed E-state index contributed by atoms with van der Waals surface area (Å²) >= 11 is 0. The predicted molar refractivity (Wildman–Crippen MR) is 60.8 cm³/mol. The molecule has 1 heterocycles. The molecule has 2 rings (SSSR count). The molecule has 1 aliphatic rings. The lowest BCUT2D eigenvalue weighted by molar-refractivity contribution is -0.121. The van der Waals surface area contributed by atoms with Crippen LogP contribution in [0.2, 0.25) is 0 Å². The third kappa shape index (κ3) is 4.06. The first-order chi connectivity index (χ1) is 7.84. The number of amides is 1. The molecule has 0 bridgehead atoms. The summed E-state index contributed by atoms with van der Waals surface area (Å²) in [4.78, 5) is 11.3. The summed E-state index contributed by atoms with van der Waals surface area (Å²) < 4.78 is 5.18. The second-order valence-electron chi connectivity index (χ2n) is 4.20. The summed E-state index contributed by atoms with van der Waals surface area (Å²) in [5.41, 5.74) is 0. The van der Waals surface area contributed by atoms with Gasteiger partial charge in [-0.2, -0.15) is 0 Å². The van der Waals surface area contributed by atoms with Crippen molar-refractivity contribution < 1.29 is 9.21 Å². The number of hydrogen-bond acceptors (Lipinski definition) is 3. The van der Waals surface area contributed by atoms with E-state index in [1.165, 1.54) is 0 Å². The normalized spacial score (nSPS) is 15.0. The van der Waals surface area contributed by atoms with E-state index in [9.17, 15) is 4.79 Å². The van der Waals surface area contributed by atoms with Gasteiger partial charge in [0.2, 0.25) is 5.91 Å². The molecular weight excluding hydrogens is 204 g/mol. The molecule has 0 atom stereocenters. The van der Waals surface area contributed by atoms with Crippen LogP contribution in [0.4, 0.5) is 0 Å². The third-order valence-corrected chi connectivity index (χ3v) is 2.58. The van der Waals surface area contributed by atoms with Crippen molar-refractivity contribution in [1.29, 1.82) is 0 Å². The van der Waals surface area contributed by atoms with E-state index in [4.69, 9.17) is 4.42 Å². The zero-order chi connectivity index (χ0) is 11.2. The number of nitrogens with one attached hydrogen (secondary N) is 2. The quantitative estimate of drug-likeness (QED) is 0.686. The smallest absolute Gasteiger partial charge is 0.220 e. The van der Waals surface area contributed by atoms with Gasteiger partial charge in [-0.3, -0.25) is 4.79 Å². The van der Waals surface area contributed by atoms with Gasteiger partial charge in [-0.05, 0) is 37.9 Å². The summed E-state index contributed by atoms with van der Waals surface area (Å²) in [5, 5.41) is 6.21. The van der Waals surface area contributed by atoms with Crippen molar-refractivity contribution in [3.8, 4) is 0 Å². The van der Waals surface area contributed by atoms with Crippen molar-refractivity contribution in [3.63, 3.8) is 0 Å². The predicted octanol–water partition coefficient (Wildman–Crippen LogP) is 1.43. The SMILES string of the molecule is O=C(CCCNCc1ccco1)NC1CC1. The number of carbonyl (C=O) groups excluding carboxylic acids is 1. The van der Waals surface area contributed by atoms with Crippen molar-refractivity contribution in [2.24, 2.45) is 0 Å². The number of furan rings is 1. The Morgan fingerprint density at radius 1 is 1.50 bits per heavy atom. The maximum absolute atomic E-state index is 11.3. The second kappa shape index (κ2) is 5.70. The van der Waals surface area contributed by atoms with Crippen LogP contribution in [0.3, 0.4) is 0 Å². The molecule has 0 aromatic carbocycles. The van der Waals surface area contributed by atoms with Gasteiger partial charge in [-0.1, -0.05) is 0 Å². The van der Waals surface area contributed by atoms with E-state index >= 15 is 0 Å². The Morgan fingerprint density at radius 3 is 3.06 bits per heavy atom. The lowest BCUT2D eigenvalue weighted by Gasteiger charge is -2.04. The Hall–Kier alpha value is -1.29. The third-order valence-electron chi connectivity index (χ3n) is 2.58. The Labute approximate surface area is 95.4 Å². The van der Waals surface area contributed by atoms with Crippen molar-refractivity contribution in [2.75, 3.05) is 6.54 Å². The largest absolute Gasteiger partial charge is 0.468 e. The highest BCUT2D eigenvalue weighted by Crippen LogP contribution is 2.18. The van der Waals surface area contributed by atoms with Gasteiger partial charge >= 0.3 is 0 Å². The lowest BCUT2D eigenvalue weighted by atomic mass is 10.3. The molecule has 0 unspecified atom stereocenters. The van der Waals surface area contributed by atoms with Crippen LogP contribution in [0.25, 0.3) is 0 Å². The Bertz CT molecular complexity index is 318. The van der Waals surface area contributed by atoms with E-state index in [1.807, 2.05) is 12.1 Å². The van der Waals surface area contributed by atoms with Crippen molar-refractivity contribution >= 4 is 5.91 Å². The van der Waals surface area contributed by atoms with E-state index in [0.29, 0.717) is 12.5 Å². The summed E-state index contributed by atoms with van der Waals surface area (Å²) in [6.45, 7) is 1.58. The number of rotatable bonds is 7. The van der Waals surface area contributed by atoms with Crippen LogP contribution in [0.1, 0.15) is 31.4 Å². The number of carbonyl (C=O) groups is 1. The minimum Gasteiger partial charge on any atom is -0.468 e. The Balaban J connectivity index is 1.46. The fraction of sp³-hybridized carbons (Fsp3) is 0.583. The monoisotopic (exact) mass is 222 g/mol. The Morgan fingerprint density at radius 2 is 2.38 bits per heavy atom. The fourth-order valence-corrected chi connectivity index (χ4v) is 1.53. The lowest BCUT2D eigenvalue weighted by Crippen LogP contribution is -2.26. The molecule has 4 heteroatoms. The highest BCUT2D eigenvalue weighted by Gasteiger charge is 2.22. The molecule has 0 aliphatic heterocycles.